The molecule has 1 aliphatic rings. The third-order valence-electron chi connectivity index (χ3n) is 2.55. The molecule has 0 aromatic carbocycles. The zero-order valence-electron chi connectivity index (χ0n) is 8.85. The molecule has 0 saturated heterocycles. The molecule has 92 valence electrons. The fourth-order valence-electron chi connectivity index (χ4n) is 1.58. The van der Waals surface area contributed by atoms with E-state index in [-0.39, 0.29) is 12.1 Å². The Labute approximate surface area is 94.9 Å². The third kappa shape index (κ3) is 2.91. The van der Waals surface area contributed by atoms with E-state index in [1.54, 1.807) is 0 Å². The summed E-state index contributed by atoms with van der Waals surface area (Å²) in [5.41, 5.74) is 7.11. The molecule has 1 aromatic heterocycles. The Hall–Kier alpha value is -1.69. The van der Waals surface area contributed by atoms with E-state index in [2.05, 4.69) is 15.1 Å². The van der Waals surface area contributed by atoms with Gasteiger partial charge in [-0.1, -0.05) is 5.11 Å². The zero-order valence-corrected chi connectivity index (χ0v) is 8.85. The van der Waals surface area contributed by atoms with E-state index in [0.29, 0.717) is 12.5 Å². The smallest absolute Gasteiger partial charge is 0.272 e. The van der Waals surface area contributed by atoms with Crippen LogP contribution in [0.15, 0.2) is 11.3 Å². The van der Waals surface area contributed by atoms with Gasteiger partial charge in [-0.15, -0.1) is 0 Å². The van der Waals surface area contributed by atoms with Crippen molar-refractivity contribution in [3.8, 4) is 0 Å². The number of rotatable bonds is 4. The average molecular weight is 245 g/mol. The van der Waals surface area contributed by atoms with Gasteiger partial charge < -0.3 is 0 Å². The summed E-state index contributed by atoms with van der Waals surface area (Å²) in [5, 5.41) is 6.67. The molecule has 0 unspecified atom stereocenters. The maximum absolute atomic E-state index is 12.6. The predicted octanol–water partition coefficient (Wildman–Crippen LogP) is 3.12. The van der Waals surface area contributed by atoms with E-state index < -0.39 is 11.9 Å². The summed E-state index contributed by atoms with van der Waals surface area (Å²) in [5.74, 6) is 0.434. The third-order valence-corrected chi connectivity index (χ3v) is 2.55. The number of alkyl halides is 3. The van der Waals surface area contributed by atoms with Crippen LogP contribution in [0.1, 0.15) is 24.1 Å². The van der Waals surface area contributed by atoms with Crippen molar-refractivity contribution in [2.75, 3.05) is 0 Å². The Morgan fingerprint density at radius 2 is 2.24 bits per heavy atom. The van der Waals surface area contributed by atoms with Gasteiger partial charge in [0.1, 0.15) is 0 Å². The SMILES string of the molecule is [N-]=[N+]=NCc1cn(CC2CC2)nc1C(F)(F)F. The molecule has 1 aliphatic carbocycles. The van der Waals surface area contributed by atoms with Gasteiger partial charge in [-0.3, -0.25) is 4.68 Å². The first-order valence-electron chi connectivity index (χ1n) is 5.15. The summed E-state index contributed by atoms with van der Waals surface area (Å²) >= 11 is 0. The van der Waals surface area contributed by atoms with Gasteiger partial charge >= 0.3 is 6.18 Å². The first kappa shape index (κ1) is 11.8. The molecule has 0 atom stereocenters. The van der Waals surface area contributed by atoms with Gasteiger partial charge in [-0.05, 0) is 24.3 Å². The van der Waals surface area contributed by atoms with Crippen molar-refractivity contribution in [3.63, 3.8) is 0 Å². The molecule has 1 saturated carbocycles. The highest BCUT2D eigenvalue weighted by Crippen LogP contribution is 2.33. The summed E-state index contributed by atoms with van der Waals surface area (Å²) in [6.45, 7) is 0.176. The molecule has 0 aliphatic heterocycles. The van der Waals surface area contributed by atoms with Crippen molar-refractivity contribution in [2.45, 2.75) is 32.1 Å². The fourth-order valence-corrected chi connectivity index (χ4v) is 1.58. The fraction of sp³-hybridized carbons (Fsp3) is 0.667. The number of nitrogens with zero attached hydrogens (tertiary/aromatic N) is 5. The van der Waals surface area contributed by atoms with Crippen LogP contribution in [-0.4, -0.2) is 9.78 Å². The predicted molar refractivity (Wildman–Crippen MR) is 52.8 cm³/mol. The molecule has 2 rings (SSSR count). The quantitative estimate of drug-likeness (QED) is 0.456. The maximum atomic E-state index is 12.6. The van der Waals surface area contributed by atoms with Crippen molar-refractivity contribution in [1.29, 1.82) is 0 Å². The Morgan fingerprint density at radius 3 is 2.76 bits per heavy atom. The normalized spacial score (nSPS) is 15.7. The average Bonchev–Trinajstić information content (AvgIpc) is 2.93. The summed E-state index contributed by atoms with van der Waals surface area (Å²) < 4.78 is 39.2. The second-order valence-electron chi connectivity index (χ2n) is 4.06. The molecule has 0 radical (unpaired) electrons. The van der Waals surface area contributed by atoms with E-state index in [1.807, 2.05) is 0 Å². The first-order valence-corrected chi connectivity index (χ1v) is 5.15. The van der Waals surface area contributed by atoms with Crippen LogP contribution in [0, 0.1) is 5.92 Å². The lowest BCUT2D eigenvalue weighted by atomic mass is 10.2. The number of hydrogen-bond acceptors (Lipinski definition) is 2. The topological polar surface area (TPSA) is 66.6 Å². The first-order chi connectivity index (χ1) is 8.00. The van der Waals surface area contributed by atoms with Crippen LogP contribution >= 0.6 is 0 Å². The van der Waals surface area contributed by atoms with Gasteiger partial charge in [0.15, 0.2) is 5.69 Å². The maximum Gasteiger partial charge on any atom is 0.435 e. The van der Waals surface area contributed by atoms with E-state index >= 15 is 0 Å². The molecule has 1 heterocycles. The number of halogens is 3. The van der Waals surface area contributed by atoms with Crippen LogP contribution in [-0.2, 0) is 19.3 Å². The summed E-state index contributed by atoms with van der Waals surface area (Å²) in [6.07, 6.45) is -1.12. The molecule has 8 heteroatoms. The van der Waals surface area contributed by atoms with E-state index in [1.165, 1.54) is 10.9 Å². The van der Waals surface area contributed by atoms with Gasteiger partial charge in [-0.25, -0.2) is 0 Å². The second-order valence-corrected chi connectivity index (χ2v) is 4.06. The molecule has 1 fully saturated rings. The van der Waals surface area contributed by atoms with Crippen LogP contribution in [0.4, 0.5) is 13.2 Å². The van der Waals surface area contributed by atoms with Gasteiger partial charge in [-0.2, -0.15) is 18.3 Å². The van der Waals surface area contributed by atoms with Crippen molar-refractivity contribution in [3.05, 3.63) is 27.9 Å². The summed E-state index contributed by atoms with van der Waals surface area (Å²) in [4.78, 5) is 2.46. The Bertz CT molecular complexity index is 454. The molecular formula is C9H10F3N5. The van der Waals surface area contributed by atoms with E-state index in [9.17, 15) is 13.2 Å². The molecule has 0 N–H and O–H groups in total. The molecule has 0 amide bonds. The van der Waals surface area contributed by atoms with Crippen molar-refractivity contribution < 1.29 is 13.2 Å². The number of hydrogen-bond donors (Lipinski definition) is 0. The van der Waals surface area contributed by atoms with Crippen LogP contribution in [0.25, 0.3) is 10.4 Å². The van der Waals surface area contributed by atoms with E-state index in [4.69, 9.17) is 5.53 Å². The standard InChI is InChI=1S/C9H10F3N5/c10-9(11,12)8-7(3-14-16-13)5-17(15-8)4-6-1-2-6/h5-6H,1-4H2. The minimum atomic E-state index is -4.50. The van der Waals surface area contributed by atoms with E-state index in [0.717, 1.165) is 12.8 Å². The lowest BCUT2D eigenvalue weighted by Crippen LogP contribution is -2.10. The molecule has 0 bridgehead atoms. The highest BCUT2D eigenvalue weighted by Gasteiger charge is 2.37. The Kier molecular flexibility index (Phi) is 2.97. The number of azide groups is 1. The Morgan fingerprint density at radius 1 is 1.53 bits per heavy atom. The van der Waals surface area contributed by atoms with Crippen LogP contribution in [0.5, 0.6) is 0 Å². The summed E-state index contributed by atoms with van der Waals surface area (Å²) in [6, 6.07) is 0. The van der Waals surface area contributed by atoms with Crippen LogP contribution < -0.4 is 0 Å². The zero-order chi connectivity index (χ0) is 12.5. The van der Waals surface area contributed by atoms with Gasteiger partial charge in [0.05, 0.1) is 6.54 Å². The second kappa shape index (κ2) is 4.29. The van der Waals surface area contributed by atoms with Gasteiger partial charge in [0.2, 0.25) is 0 Å². The number of aromatic nitrogens is 2. The highest BCUT2D eigenvalue weighted by atomic mass is 19.4. The summed E-state index contributed by atoms with van der Waals surface area (Å²) in [7, 11) is 0. The minimum absolute atomic E-state index is 0.0732. The van der Waals surface area contributed by atoms with Crippen LogP contribution in [0.2, 0.25) is 0 Å². The molecule has 5 nitrogen and oxygen atoms in total. The molecule has 1 aromatic rings. The minimum Gasteiger partial charge on any atom is -0.272 e. The van der Waals surface area contributed by atoms with Crippen LogP contribution in [0.3, 0.4) is 0 Å². The Balaban J connectivity index is 2.25. The molecule has 17 heavy (non-hydrogen) atoms. The van der Waals surface area contributed by atoms with Gasteiger partial charge in [0.25, 0.3) is 0 Å². The molecule has 0 spiro atoms. The van der Waals surface area contributed by atoms with Gasteiger partial charge in [0, 0.05) is 23.2 Å². The monoisotopic (exact) mass is 245 g/mol. The van der Waals surface area contributed by atoms with Crippen molar-refractivity contribution >= 4 is 0 Å². The largest absolute Gasteiger partial charge is 0.435 e. The van der Waals surface area contributed by atoms with Crippen molar-refractivity contribution in [2.24, 2.45) is 11.0 Å². The lowest BCUT2D eigenvalue weighted by molar-refractivity contribution is -0.142. The molecular weight excluding hydrogens is 235 g/mol. The highest BCUT2D eigenvalue weighted by molar-refractivity contribution is 5.20. The van der Waals surface area contributed by atoms with Crippen molar-refractivity contribution in [1.82, 2.24) is 9.78 Å². The lowest BCUT2D eigenvalue weighted by Gasteiger charge is -2.03.